The van der Waals surface area contributed by atoms with Crippen LogP contribution in [0.25, 0.3) is 0 Å². The molecule has 0 radical (unpaired) electrons. The Labute approximate surface area is 127 Å². The molecule has 0 bridgehead atoms. The Morgan fingerprint density at radius 2 is 1.71 bits per heavy atom. The van der Waals surface area contributed by atoms with E-state index in [1.165, 1.54) is 0 Å². The molecule has 1 aromatic heterocycles. The highest BCUT2D eigenvalue weighted by atomic mass is 35.5. The van der Waals surface area contributed by atoms with E-state index in [0.717, 1.165) is 11.1 Å². The summed E-state index contributed by atoms with van der Waals surface area (Å²) in [5.41, 5.74) is 7.18. The minimum atomic E-state index is 0.147. The van der Waals surface area contributed by atoms with Crippen LogP contribution < -0.4 is 19.9 Å². The molecule has 7 heteroatoms. The zero-order valence-corrected chi connectivity index (χ0v) is 12.8. The number of nitrogen functional groups attached to an aromatic ring is 1. The highest BCUT2D eigenvalue weighted by Crippen LogP contribution is 2.38. The van der Waals surface area contributed by atoms with Gasteiger partial charge in [0, 0.05) is 18.2 Å². The van der Waals surface area contributed by atoms with E-state index in [1.807, 2.05) is 12.1 Å². The molecule has 0 unspecified atom stereocenters. The summed E-state index contributed by atoms with van der Waals surface area (Å²) < 4.78 is 15.9. The summed E-state index contributed by atoms with van der Waals surface area (Å²) >= 11 is 6.07. The summed E-state index contributed by atoms with van der Waals surface area (Å²) in [6.45, 7) is 0. The van der Waals surface area contributed by atoms with Crippen LogP contribution in [0.4, 0.5) is 5.95 Å². The minimum Gasteiger partial charge on any atom is -0.493 e. The van der Waals surface area contributed by atoms with E-state index >= 15 is 0 Å². The van der Waals surface area contributed by atoms with Gasteiger partial charge in [-0.2, -0.15) is 0 Å². The summed E-state index contributed by atoms with van der Waals surface area (Å²) in [6.07, 6.45) is 2.13. The molecular formula is C14H16ClN3O3. The van der Waals surface area contributed by atoms with E-state index in [0.29, 0.717) is 28.8 Å². The highest BCUT2D eigenvalue weighted by Gasteiger charge is 2.14. The average molecular weight is 310 g/mol. The first-order valence-electron chi connectivity index (χ1n) is 6.14. The number of aromatic nitrogens is 2. The van der Waals surface area contributed by atoms with Gasteiger partial charge in [-0.3, -0.25) is 0 Å². The van der Waals surface area contributed by atoms with Crippen LogP contribution in [0.2, 0.25) is 5.15 Å². The van der Waals surface area contributed by atoms with E-state index in [1.54, 1.807) is 27.5 Å². The van der Waals surface area contributed by atoms with E-state index in [-0.39, 0.29) is 5.95 Å². The summed E-state index contributed by atoms with van der Waals surface area (Å²) in [5, 5.41) is 0.330. The molecule has 0 saturated carbocycles. The Morgan fingerprint density at radius 3 is 2.19 bits per heavy atom. The number of nitrogens with zero attached hydrogens (tertiary/aromatic N) is 2. The van der Waals surface area contributed by atoms with Crippen LogP contribution in [-0.2, 0) is 6.42 Å². The van der Waals surface area contributed by atoms with E-state index in [2.05, 4.69) is 9.97 Å². The Hall–Kier alpha value is -2.21. The van der Waals surface area contributed by atoms with Gasteiger partial charge in [-0.05, 0) is 17.7 Å². The molecule has 0 aliphatic rings. The van der Waals surface area contributed by atoms with Gasteiger partial charge in [0.15, 0.2) is 11.5 Å². The molecule has 2 rings (SSSR count). The van der Waals surface area contributed by atoms with Crippen molar-refractivity contribution in [2.45, 2.75) is 6.42 Å². The van der Waals surface area contributed by atoms with Crippen molar-refractivity contribution in [3.63, 3.8) is 0 Å². The molecule has 0 aliphatic carbocycles. The lowest BCUT2D eigenvalue weighted by atomic mass is 10.1. The lowest BCUT2D eigenvalue weighted by Crippen LogP contribution is -2.01. The van der Waals surface area contributed by atoms with Gasteiger partial charge in [0.1, 0.15) is 5.15 Å². The van der Waals surface area contributed by atoms with Gasteiger partial charge in [-0.25, -0.2) is 9.97 Å². The fraction of sp³-hybridized carbons (Fsp3) is 0.286. The number of hydrogen-bond acceptors (Lipinski definition) is 6. The summed E-state index contributed by atoms with van der Waals surface area (Å²) in [5.74, 6) is 1.86. The normalized spacial score (nSPS) is 10.3. The molecule has 21 heavy (non-hydrogen) atoms. The topological polar surface area (TPSA) is 79.5 Å². The van der Waals surface area contributed by atoms with Crippen molar-refractivity contribution in [2.24, 2.45) is 0 Å². The lowest BCUT2D eigenvalue weighted by molar-refractivity contribution is 0.324. The van der Waals surface area contributed by atoms with Crippen molar-refractivity contribution in [1.82, 2.24) is 9.97 Å². The van der Waals surface area contributed by atoms with Crippen molar-refractivity contribution in [3.8, 4) is 17.2 Å². The van der Waals surface area contributed by atoms with Crippen molar-refractivity contribution in [1.29, 1.82) is 0 Å². The molecule has 0 atom stereocenters. The molecule has 0 saturated heterocycles. The Morgan fingerprint density at radius 1 is 1.10 bits per heavy atom. The second-order valence-corrected chi connectivity index (χ2v) is 4.61. The van der Waals surface area contributed by atoms with Crippen LogP contribution >= 0.6 is 11.6 Å². The van der Waals surface area contributed by atoms with Crippen LogP contribution in [-0.4, -0.2) is 31.3 Å². The van der Waals surface area contributed by atoms with Gasteiger partial charge in [-0.1, -0.05) is 11.6 Å². The first-order chi connectivity index (χ1) is 10.1. The fourth-order valence-electron chi connectivity index (χ4n) is 1.97. The third kappa shape index (κ3) is 3.28. The van der Waals surface area contributed by atoms with E-state index < -0.39 is 0 Å². The Bertz CT molecular complexity index is 624. The fourth-order valence-corrected chi connectivity index (χ4v) is 2.18. The summed E-state index contributed by atoms with van der Waals surface area (Å²) in [4.78, 5) is 7.88. The number of hydrogen-bond donors (Lipinski definition) is 1. The SMILES string of the molecule is COc1cc(Cc2cnc(N)nc2Cl)cc(OC)c1OC. The van der Waals surface area contributed by atoms with Crippen LogP contribution in [0.15, 0.2) is 18.3 Å². The van der Waals surface area contributed by atoms with Gasteiger partial charge < -0.3 is 19.9 Å². The van der Waals surface area contributed by atoms with Crippen molar-refractivity contribution in [2.75, 3.05) is 27.1 Å². The maximum absolute atomic E-state index is 6.07. The quantitative estimate of drug-likeness (QED) is 0.854. The predicted molar refractivity (Wildman–Crippen MR) is 80.4 cm³/mol. The molecule has 0 fully saturated rings. The zero-order valence-electron chi connectivity index (χ0n) is 12.0. The molecule has 1 heterocycles. The van der Waals surface area contributed by atoms with Crippen molar-refractivity contribution in [3.05, 3.63) is 34.6 Å². The second kappa shape index (κ2) is 6.49. The zero-order chi connectivity index (χ0) is 15.4. The standard InChI is InChI=1S/C14H16ClN3O3/c1-19-10-5-8(6-11(20-2)12(10)21-3)4-9-7-17-14(16)18-13(9)15/h5-7H,4H2,1-3H3,(H2,16,17,18). The molecule has 112 valence electrons. The van der Waals surface area contributed by atoms with Gasteiger partial charge in [0.05, 0.1) is 21.3 Å². The van der Waals surface area contributed by atoms with Gasteiger partial charge >= 0.3 is 0 Å². The smallest absolute Gasteiger partial charge is 0.221 e. The third-order valence-electron chi connectivity index (χ3n) is 2.95. The third-order valence-corrected chi connectivity index (χ3v) is 3.28. The summed E-state index contributed by atoms with van der Waals surface area (Å²) in [7, 11) is 4.70. The number of benzene rings is 1. The maximum Gasteiger partial charge on any atom is 0.221 e. The van der Waals surface area contributed by atoms with Gasteiger partial charge in [-0.15, -0.1) is 0 Å². The molecule has 2 N–H and O–H groups in total. The van der Waals surface area contributed by atoms with Crippen molar-refractivity contribution >= 4 is 17.5 Å². The monoisotopic (exact) mass is 309 g/mol. The number of anilines is 1. The Kier molecular flexibility index (Phi) is 4.70. The predicted octanol–water partition coefficient (Wildman–Crippen LogP) is 2.33. The van der Waals surface area contributed by atoms with E-state index in [9.17, 15) is 0 Å². The Balaban J connectivity index is 2.40. The largest absolute Gasteiger partial charge is 0.493 e. The van der Waals surface area contributed by atoms with Crippen LogP contribution in [0, 0.1) is 0 Å². The molecule has 2 aromatic rings. The number of rotatable bonds is 5. The molecular weight excluding hydrogens is 294 g/mol. The average Bonchev–Trinajstić information content (AvgIpc) is 2.49. The molecule has 1 aromatic carbocycles. The van der Waals surface area contributed by atoms with Gasteiger partial charge in [0.25, 0.3) is 0 Å². The molecule has 6 nitrogen and oxygen atoms in total. The minimum absolute atomic E-state index is 0.147. The number of nitrogens with two attached hydrogens (primary N) is 1. The van der Waals surface area contributed by atoms with Crippen LogP contribution in [0.5, 0.6) is 17.2 Å². The number of methoxy groups -OCH3 is 3. The highest BCUT2D eigenvalue weighted by molar-refractivity contribution is 6.30. The molecule has 0 amide bonds. The first-order valence-corrected chi connectivity index (χ1v) is 6.52. The lowest BCUT2D eigenvalue weighted by Gasteiger charge is -2.14. The number of halogens is 1. The first kappa shape index (κ1) is 15.2. The molecule has 0 spiro atoms. The summed E-state index contributed by atoms with van der Waals surface area (Å²) in [6, 6.07) is 3.71. The molecule has 0 aliphatic heterocycles. The van der Waals surface area contributed by atoms with Gasteiger partial charge in [0.2, 0.25) is 11.7 Å². The van der Waals surface area contributed by atoms with Crippen LogP contribution in [0.3, 0.4) is 0 Å². The number of ether oxygens (including phenoxy) is 3. The van der Waals surface area contributed by atoms with E-state index in [4.69, 9.17) is 31.5 Å². The van der Waals surface area contributed by atoms with Crippen LogP contribution in [0.1, 0.15) is 11.1 Å². The van der Waals surface area contributed by atoms with Crippen molar-refractivity contribution < 1.29 is 14.2 Å². The maximum atomic E-state index is 6.07. The second-order valence-electron chi connectivity index (χ2n) is 4.25.